The maximum atomic E-state index is 6.27. The highest BCUT2D eigenvalue weighted by Crippen LogP contribution is 2.34. The highest BCUT2D eigenvalue weighted by molar-refractivity contribution is 6.31. The van der Waals surface area contributed by atoms with Crippen LogP contribution in [0.4, 0.5) is 0 Å². The average molecular weight is 355 g/mol. The topological polar surface area (TPSA) is 17.4 Å². The van der Waals surface area contributed by atoms with Crippen molar-refractivity contribution in [1.82, 2.24) is 9.47 Å². The van der Waals surface area contributed by atoms with Crippen molar-refractivity contribution in [2.75, 3.05) is 13.7 Å². The van der Waals surface area contributed by atoms with Gasteiger partial charge in [0.2, 0.25) is 0 Å². The van der Waals surface area contributed by atoms with Crippen molar-refractivity contribution in [1.29, 1.82) is 0 Å². The first kappa shape index (κ1) is 16.5. The molecule has 0 amide bonds. The van der Waals surface area contributed by atoms with E-state index in [1.807, 2.05) is 36.4 Å². The minimum Gasteiger partial charge on any atom is -0.492 e. The van der Waals surface area contributed by atoms with E-state index in [-0.39, 0.29) is 0 Å². The van der Waals surface area contributed by atoms with Gasteiger partial charge in [-0.05, 0) is 49.9 Å². The Kier molecular flexibility index (Phi) is 4.45. The first-order chi connectivity index (χ1) is 12.1. The van der Waals surface area contributed by atoms with Crippen LogP contribution in [0.3, 0.4) is 0 Å². The van der Waals surface area contributed by atoms with Crippen molar-refractivity contribution in [3.8, 4) is 5.75 Å². The maximum absolute atomic E-state index is 6.27. The van der Waals surface area contributed by atoms with Crippen LogP contribution in [0.1, 0.15) is 18.2 Å². The summed E-state index contributed by atoms with van der Waals surface area (Å²) in [4.78, 5) is 2.41. The molecule has 0 N–H and O–H groups in total. The fraction of sp³-hybridized carbons (Fsp3) is 0.333. The van der Waals surface area contributed by atoms with E-state index in [1.165, 1.54) is 22.2 Å². The number of hydrogen-bond acceptors (Lipinski definition) is 2. The minimum absolute atomic E-state index is 0.543. The third kappa shape index (κ3) is 3.14. The average Bonchev–Trinajstić information content (AvgIpc) is 2.89. The van der Waals surface area contributed by atoms with Crippen molar-refractivity contribution < 1.29 is 4.74 Å². The molecule has 1 aliphatic heterocycles. The lowest BCUT2D eigenvalue weighted by Crippen LogP contribution is -2.35. The summed E-state index contributed by atoms with van der Waals surface area (Å²) in [5.74, 6) is 0.920. The summed E-state index contributed by atoms with van der Waals surface area (Å²) in [7, 11) is 2.19. The van der Waals surface area contributed by atoms with E-state index in [2.05, 4.69) is 35.6 Å². The zero-order chi connectivity index (χ0) is 17.4. The number of benzene rings is 2. The van der Waals surface area contributed by atoms with Crippen molar-refractivity contribution in [3.63, 3.8) is 0 Å². The molecule has 0 saturated carbocycles. The molecule has 0 fully saturated rings. The van der Waals surface area contributed by atoms with E-state index in [0.717, 1.165) is 30.3 Å². The lowest BCUT2D eigenvalue weighted by molar-refractivity contribution is 0.226. The molecule has 1 unspecified atom stereocenters. The molecule has 2 heterocycles. The molecule has 0 spiro atoms. The molecule has 1 aromatic heterocycles. The van der Waals surface area contributed by atoms with E-state index in [1.54, 1.807) is 0 Å². The Morgan fingerprint density at radius 3 is 2.76 bits per heavy atom. The van der Waals surface area contributed by atoms with Gasteiger partial charge in [-0.3, -0.25) is 4.90 Å². The number of likely N-dealkylation sites (N-methyl/N-ethyl adjacent to an activating group) is 1. The van der Waals surface area contributed by atoms with Gasteiger partial charge in [0.25, 0.3) is 0 Å². The van der Waals surface area contributed by atoms with Crippen LogP contribution in [0.2, 0.25) is 5.02 Å². The van der Waals surface area contributed by atoms with Gasteiger partial charge in [-0.1, -0.05) is 29.8 Å². The summed E-state index contributed by atoms with van der Waals surface area (Å²) in [6.45, 7) is 4.77. The lowest BCUT2D eigenvalue weighted by atomic mass is 10.00. The molecule has 4 heteroatoms. The zero-order valence-corrected chi connectivity index (χ0v) is 15.5. The molecule has 0 bridgehead atoms. The molecule has 2 aromatic carbocycles. The van der Waals surface area contributed by atoms with Gasteiger partial charge in [-0.2, -0.15) is 0 Å². The number of nitrogens with zero attached hydrogens (tertiary/aromatic N) is 2. The summed E-state index contributed by atoms with van der Waals surface area (Å²) in [5, 5.41) is 2.08. The van der Waals surface area contributed by atoms with Gasteiger partial charge < -0.3 is 9.30 Å². The van der Waals surface area contributed by atoms with Crippen LogP contribution in [0.25, 0.3) is 10.9 Å². The second-order valence-corrected chi connectivity index (χ2v) is 7.30. The van der Waals surface area contributed by atoms with Gasteiger partial charge in [0, 0.05) is 40.6 Å². The number of aromatic nitrogens is 1. The van der Waals surface area contributed by atoms with E-state index < -0.39 is 0 Å². The number of halogens is 1. The molecule has 25 heavy (non-hydrogen) atoms. The predicted molar refractivity (Wildman–Crippen MR) is 104 cm³/mol. The first-order valence-corrected chi connectivity index (χ1v) is 9.19. The van der Waals surface area contributed by atoms with Crippen molar-refractivity contribution in [2.24, 2.45) is 0 Å². The normalized spacial score (nSPS) is 17.6. The molecule has 4 rings (SSSR count). The molecule has 130 valence electrons. The van der Waals surface area contributed by atoms with Crippen LogP contribution >= 0.6 is 11.6 Å². The van der Waals surface area contributed by atoms with E-state index in [0.29, 0.717) is 12.6 Å². The molecule has 1 atom stereocenters. The lowest BCUT2D eigenvalue weighted by Gasteiger charge is -2.31. The quantitative estimate of drug-likeness (QED) is 0.672. The van der Waals surface area contributed by atoms with E-state index in [4.69, 9.17) is 16.3 Å². The Balaban J connectivity index is 1.67. The van der Waals surface area contributed by atoms with E-state index in [9.17, 15) is 0 Å². The summed E-state index contributed by atoms with van der Waals surface area (Å²) in [6, 6.07) is 16.8. The Labute approximate surface area is 153 Å². The first-order valence-electron chi connectivity index (χ1n) is 8.81. The Bertz CT molecular complexity index is 888. The van der Waals surface area contributed by atoms with Gasteiger partial charge in [0.1, 0.15) is 12.4 Å². The maximum Gasteiger partial charge on any atom is 0.119 e. The molecule has 0 saturated heterocycles. The van der Waals surface area contributed by atoms with Gasteiger partial charge in [0.05, 0.1) is 6.54 Å². The van der Waals surface area contributed by atoms with Crippen LogP contribution in [0, 0.1) is 0 Å². The number of fused-ring (bicyclic) bond motifs is 3. The Morgan fingerprint density at radius 1 is 1.16 bits per heavy atom. The van der Waals surface area contributed by atoms with Gasteiger partial charge >= 0.3 is 0 Å². The zero-order valence-electron chi connectivity index (χ0n) is 14.7. The summed E-state index contributed by atoms with van der Waals surface area (Å²) < 4.78 is 8.36. The second-order valence-electron chi connectivity index (χ2n) is 6.87. The van der Waals surface area contributed by atoms with Gasteiger partial charge in [0.15, 0.2) is 0 Å². The number of para-hydroxylation sites is 1. The van der Waals surface area contributed by atoms with E-state index >= 15 is 0 Å². The molecular weight excluding hydrogens is 332 g/mol. The third-order valence-corrected chi connectivity index (χ3v) is 5.46. The Morgan fingerprint density at radius 2 is 1.96 bits per heavy atom. The van der Waals surface area contributed by atoms with Crippen LogP contribution in [-0.2, 0) is 19.5 Å². The fourth-order valence-electron chi connectivity index (χ4n) is 3.73. The standard InChI is InChI=1S/C21H23ClN2O/c1-15-12-21-19(14-23(15)2)18-13-16(22)8-9-20(18)24(21)10-11-25-17-6-4-3-5-7-17/h3-9,13,15H,10-12,14H2,1-2H3. The van der Waals surface area contributed by atoms with Crippen LogP contribution in [0.5, 0.6) is 5.75 Å². The minimum atomic E-state index is 0.543. The summed E-state index contributed by atoms with van der Waals surface area (Å²) >= 11 is 6.27. The van der Waals surface area contributed by atoms with Crippen molar-refractivity contribution >= 4 is 22.5 Å². The molecule has 0 radical (unpaired) electrons. The van der Waals surface area contributed by atoms with Crippen LogP contribution in [-0.4, -0.2) is 29.2 Å². The number of ether oxygens (including phenoxy) is 1. The molecule has 1 aliphatic rings. The van der Waals surface area contributed by atoms with Crippen molar-refractivity contribution in [2.45, 2.75) is 32.5 Å². The number of hydrogen-bond donors (Lipinski definition) is 0. The highest BCUT2D eigenvalue weighted by Gasteiger charge is 2.26. The molecule has 3 aromatic rings. The monoisotopic (exact) mass is 354 g/mol. The fourth-order valence-corrected chi connectivity index (χ4v) is 3.90. The molecular formula is C21H23ClN2O. The van der Waals surface area contributed by atoms with Gasteiger partial charge in [-0.15, -0.1) is 0 Å². The van der Waals surface area contributed by atoms with Gasteiger partial charge in [-0.25, -0.2) is 0 Å². The van der Waals surface area contributed by atoms with Crippen molar-refractivity contribution in [3.05, 3.63) is 64.8 Å². The summed E-state index contributed by atoms with van der Waals surface area (Å²) in [6.07, 6.45) is 1.06. The largest absolute Gasteiger partial charge is 0.492 e. The van der Waals surface area contributed by atoms with Crippen LogP contribution in [0.15, 0.2) is 48.5 Å². The second kappa shape index (κ2) is 6.74. The predicted octanol–water partition coefficient (Wildman–Crippen LogP) is 4.75. The molecule has 0 aliphatic carbocycles. The summed E-state index contributed by atoms with van der Waals surface area (Å²) in [5.41, 5.74) is 4.10. The highest BCUT2D eigenvalue weighted by atomic mass is 35.5. The Hall–Kier alpha value is -1.97. The molecule has 3 nitrogen and oxygen atoms in total. The smallest absolute Gasteiger partial charge is 0.119 e. The SMILES string of the molecule is CC1Cc2c(c3cc(Cl)ccc3n2CCOc2ccccc2)CN1C. The third-order valence-electron chi connectivity index (χ3n) is 5.22. The van der Waals surface area contributed by atoms with Crippen LogP contribution < -0.4 is 4.74 Å². The number of rotatable bonds is 4.